The van der Waals surface area contributed by atoms with Crippen molar-refractivity contribution in [3.05, 3.63) is 96.5 Å². The Labute approximate surface area is 268 Å². The number of carbonyl (C=O) groups is 2. The second-order valence-corrected chi connectivity index (χ2v) is 12.8. The van der Waals surface area contributed by atoms with Gasteiger partial charge in [-0.2, -0.15) is 0 Å². The van der Waals surface area contributed by atoms with Crippen LogP contribution in [0.15, 0.2) is 91.5 Å². The van der Waals surface area contributed by atoms with Crippen LogP contribution in [0.3, 0.4) is 0 Å². The second kappa shape index (κ2) is 12.2. The molecular formula is C37H36ClN3O4. The third-order valence-electron chi connectivity index (χ3n) is 9.28. The van der Waals surface area contributed by atoms with E-state index in [0.717, 1.165) is 53.6 Å². The highest BCUT2D eigenvalue weighted by Gasteiger charge is 2.43. The Morgan fingerprint density at radius 1 is 0.978 bits per heavy atom. The van der Waals surface area contributed by atoms with Crippen LogP contribution in [0.2, 0.25) is 5.02 Å². The van der Waals surface area contributed by atoms with Crippen LogP contribution in [-0.2, 0) is 9.59 Å². The number of amides is 2. The SMILES string of the molecule is C=CC(=O)N1CC(CN2C(=O)C(C3CCN(C)CC3)Oc3cc(-c4cc(Oc5ccccc5)cc5ccccc45)c(Cl)cc32)C1. The lowest BCUT2D eigenvalue weighted by molar-refractivity contribution is -0.132. The monoisotopic (exact) mass is 621 g/mol. The molecule has 230 valence electrons. The van der Waals surface area contributed by atoms with Crippen LogP contribution in [0, 0.1) is 11.8 Å². The first-order chi connectivity index (χ1) is 21.9. The number of likely N-dealkylation sites (tertiary alicyclic amines) is 2. The van der Waals surface area contributed by atoms with Crippen molar-refractivity contribution in [2.45, 2.75) is 18.9 Å². The fourth-order valence-electron chi connectivity index (χ4n) is 6.77. The summed E-state index contributed by atoms with van der Waals surface area (Å²) in [5, 5.41) is 2.59. The Hall–Kier alpha value is -4.33. The van der Waals surface area contributed by atoms with Gasteiger partial charge in [-0.15, -0.1) is 0 Å². The molecule has 3 aliphatic rings. The van der Waals surface area contributed by atoms with Crippen molar-refractivity contribution < 1.29 is 19.1 Å². The average molecular weight is 622 g/mol. The van der Waals surface area contributed by atoms with Crippen LogP contribution in [0.25, 0.3) is 21.9 Å². The van der Waals surface area contributed by atoms with Gasteiger partial charge >= 0.3 is 0 Å². The molecule has 7 nitrogen and oxygen atoms in total. The van der Waals surface area contributed by atoms with Gasteiger partial charge in [0.05, 0.1) is 10.7 Å². The maximum atomic E-state index is 14.1. The van der Waals surface area contributed by atoms with Gasteiger partial charge in [0.15, 0.2) is 6.10 Å². The summed E-state index contributed by atoms with van der Waals surface area (Å²) in [6.07, 6.45) is 2.55. The van der Waals surface area contributed by atoms with Crippen LogP contribution in [-0.4, -0.2) is 67.5 Å². The molecule has 7 rings (SSSR count). The molecule has 45 heavy (non-hydrogen) atoms. The Kier molecular flexibility index (Phi) is 7.98. The molecular weight excluding hydrogens is 586 g/mol. The number of piperidine rings is 1. The fraction of sp³-hybridized carbons (Fsp3) is 0.297. The van der Waals surface area contributed by atoms with Gasteiger partial charge in [0.1, 0.15) is 17.2 Å². The molecule has 0 radical (unpaired) electrons. The number of ether oxygens (including phenoxy) is 2. The quantitative estimate of drug-likeness (QED) is 0.207. The number of para-hydroxylation sites is 1. The Morgan fingerprint density at radius 3 is 2.47 bits per heavy atom. The number of benzene rings is 4. The molecule has 0 spiro atoms. The molecule has 0 aliphatic carbocycles. The van der Waals surface area contributed by atoms with Crippen LogP contribution in [0.5, 0.6) is 17.2 Å². The third-order valence-corrected chi connectivity index (χ3v) is 9.60. The summed E-state index contributed by atoms with van der Waals surface area (Å²) in [6, 6.07) is 25.8. The minimum Gasteiger partial charge on any atom is -0.478 e. The number of hydrogen-bond donors (Lipinski definition) is 0. The smallest absolute Gasteiger partial charge is 0.268 e. The molecule has 0 bridgehead atoms. The van der Waals surface area contributed by atoms with E-state index in [0.29, 0.717) is 41.8 Å². The molecule has 2 saturated heterocycles. The van der Waals surface area contributed by atoms with Gasteiger partial charge in [-0.25, -0.2) is 0 Å². The predicted molar refractivity (Wildman–Crippen MR) is 178 cm³/mol. The van der Waals surface area contributed by atoms with Crippen LogP contribution < -0.4 is 14.4 Å². The fourth-order valence-corrected chi connectivity index (χ4v) is 7.03. The summed E-state index contributed by atoms with van der Waals surface area (Å²) < 4.78 is 12.9. The van der Waals surface area contributed by atoms with E-state index in [1.807, 2.05) is 71.6 Å². The van der Waals surface area contributed by atoms with Gasteiger partial charge in [0.25, 0.3) is 5.91 Å². The van der Waals surface area contributed by atoms with Gasteiger partial charge in [-0.05, 0) is 91.8 Å². The third kappa shape index (κ3) is 5.78. The maximum Gasteiger partial charge on any atom is 0.268 e. The molecule has 2 fully saturated rings. The number of nitrogens with zero attached hydrogens (tertiary/aromatic N) is 3. The number of halogens is 1. The lowest BCUT2D eigenvalue weighted by atomic mass is 9.88. The maximum absolute atomic E-state index is 14.1. The van der Waals surface area contributed by atoms with Gasteiger partial charge in [-0.3, -0.25) is 9.59 Å². The van der Waals surface area contributed by atoms with Crippen LogP contribution >= 0.6 is 11.6 Å². The molecule has 1 atom stereocenters. The van der Waals surface area contributed by atoms with E-state index >= 15 is 0 Å². The summed E-state index contributed by atoms with van der Waals surface area (Å²) in [5.41, 5.74) is 2.41. The van der Waals surface area contributed by atoms with Crippen molar-refractivity contribution >= 4 is 39.9 Å². The Bertz CT molecular complexity index is 1760. The van der Waals surface area contributed by atoms with Gasteiger partial charge < -0.3 is 24.2 Å². The van der Waals surface area contributed by atoms with Crippen LogP contribution in [0.1, 0.15) is 12.8 Å². The zero-order chi connectivity index (χ0) is 31.1. The highest BCUT2D eigenvalue weighted by Crippen LogP contribution is 2.46. The van der Waals surface area contributed by atoms with E-state index in [-0.39, 0.29) is 23.7 Å². The van der Waals surface area contributed by atoms with Gasteiger partial charge in [-0.1, -0.05) is 60.6 Å². The number of anilines is 1. The van der Waals surface area contributed by atoms with Crippen molar-refractivity contribution in [3.63, 3.8) is 0 Å². The lowest BCUT2D eigenvalue weighted by Gasteiger charge is -2.44. The van der Waals surface area contributed by atoms with E-state index in [1.165, 1.54) is 6.08 Å². The van der Waals surface area contributed by atoms with Crippen LogP contribution in [0.4, 0.5) is 5.69 Å². The number of hydrogen-bond acceptors (Lipinski definition) is 5. The minimum atomic E-state index is -0.573. The van der Waals surface area contributed by atoms with Gasteiger partial charge in [0, 0.05) is 37.0 Å². The normalized spacial score (nSPS) is 19.2. The highest BCUT2D eigenvalue weighted by atomic mass is 35.5. The molecule has 2 amide bonds. The van der Waals surface area contributed by atoms with E-state index in [2.05, 4.69) is 30.7 Å². The number of rotatable bonds is 7. The summed E-state index contributed by atoms with van der Waals surface area (Å²) in [6.45, 7) is 7.14. The van der Waals surface area contributed by atoms with Crippen molar-refractivity contribution in [1.82, 2.24) is 9.80 Å². The van der Waals surface area contributed by atoms with E-state index < -0.39 is 6.10 Å². The van der Waals surface area contributed by atoms with Crippen molar-refractivity contribution in [3.8, 4) is 28.4 Å². The average Bonchev–Trinajstić information content (AvgIpc) is 3.03. The molecule has 0 N–H and O–H groups in total. The largest absolute Gasteiger partial charge is 0.478 e. The minimum absolute atomic E-state index is 0.0296. The Balaban J connectivity index is 1.28. The van der Waals surface area contributed by atoms with Crippen molar-refractivity contribution in [1.29, 1.82) is 0 Å². The van der Waals surface area contributed by atoms with Crippen molar-refractivity contribution in [2.75, 3.05) is 44.7 Å². The number of carbonyl (C=O) groups excluding carboxylic acids is 2. The first-order valence-electron chi connectivity index (χ1n) is 15.6. The van der Waals surface area contributed by atoms with E-state index in [1.54, 1.807) is 4.90 Å². The number of fused-ring (bicyclic) bond motifs is 2. The molecule has 0 saturated carbocycles. The molecule has 4 aromatic rings. The van der Waals surface area contributed by atoms with E-state index in [4.69, 9.17) is 21.1 Å². The van der Waals surface area contributed by atoms with Gasteiger partial charge in [0.2, 0.25) is 5.91 Å². The Morgan fingerprint density at radius 2 is 1.71 bits per heavy atom. The second-order valence-electron chi connectivity index (χ2n) is 12.3. The standard InChI is InChI=1S/C37H36ClN3O4/c1-3-35(42)40-21-24(22-40)23-41-33-20-32(38)31(19-34(33)45-36(37(41)43)25-13-15-39(2)16-14-25)30-18-28(44-27-10-5-4-6-11-27)17-26-9-7-8-12-29(26)30/h3-12,17-20,24-25,36H,1,13-16,21-23H2,2H3. The summed E-state index contributed by atoms with van der Waals surface area (Å²) in [7, 11) is 2.11. The predicted octanol–water partition coefficient (Wildman–Crippen LogP) is 7.03. The lowest BCUT2D eigenvalue weighted by Crippen LogP contribution is -2.57. The first-order valence-corrected chi connectivity index (χ1v) is 15.9. The first kappa shape index (κ1) is 29.4. The molecule has 3 aliphatic heterocycles. The molecule has 8 heteroatoms. The molecule has 1 unspecified atom stereocenters. The molecule has 3 heterocycles. The van der Waals surface area contributed by atoms with Crippen molar-refractivity contribution in [2.24, 2.45) is 11.8 Å². The summed E-state index contributed by atoms with van der Waals surface area (Å²) in [4.78, 5) is 32.1. The molecule has 4 aromatic carbocycles. The summed E-state index contributed by atoms with van der Waals surface area (Å²) in [5.74, 6) is 2.27. The zero-order valence-electron chi connectivity index (χ0n) is 25.3. The topological polar surface area (TPSA) is 62.3 Å². The van der Waals surface area contributed by atoms with E-state index in [9.17, 15) is 9.59 Å². The summed E-state index contributed by atoms with van der Waals surface area (Å²) >= 11 is 7.09. The highest BCUT2D eigenvalue weighted by molar-refractivity contribution is 6.34. The molecule has 0 aromatic heterocycles. The zero-order valence-corrected chi connectivity index (χ0v) is 26.1.